The van der Waals surface area contributed by atoms with Crippen LogP contribution in [0.5, 0.6) is 0 Å². The highest BCUT2D eigenvalue weighted by Gasteiger charge is 2.52. The summed E-state index contributed by atoms with van der Waals surface area (Å²) in [6, 6.07) is 0. The number of morpholine rings is 1. The van der Waals surface area contributed by atoms with Crippen molar-refractivity contribution in [3.8, 4) is 0 Å². The maximum atomic E-state index is 12.4. The van der Waals surface area contributed by atoms with Gasteiger partial charge < -0.3 is 14.7 Å². The van der Waals surface area contributed by atoms with E-state index in [1.165, 1.54) is 0 Å². The van der Waals surface area contributed by atoms with Gasteiger partial charge in [0.05, 0.1) is 19.0 Å². The minimum atomic E-state index is -3.65. The summed E-state index contributed by atoms with van der Waals surface area (Å²) in [6.07, 6.45) is 1.32. The monoisotopic (exact) mass is 348 g/mol. The van der Waals surface area contributed by atoms with Crippen molar-refractivity contribution in [1.82, 2.24) is 9.21 Å². The second kappa shape index (κ2) is 6.37. The Labute approximate surface area is 136 Å². The van der Waals surface area contributed by atoms with Gasteiger partial charge in [-0.25, -0.2) is 8.42 Å². The first-order chi connectivity index (χ1) is 10.5. The number of carboxylic acids is 1. The number of amides is 1. The molecule has 8 nitrogen and oxygen atoms in total. The zero-order valence-corrected chi connectivity index (χ0v) is 14.5. The van der Waals surface area contributed by atoms with Gasteiger partial charge in [0, 0.05) is 25.6 Å². The fourth-order valence-corrected chi connectivity index (χ4v) is 3.62. The predicted octanol–water partition coefficient (Wildman–Crippen LogP) is -0.394. The van der Waals surface area contributed by atoms with Crippen LogP contribution in [0.4, 0.5) is 0 Å². The molecule has 1 amide bonds. The molecule has 0 aromatic carbocycles. The number of carbonyl (C=O) groups excluding carboxylic acids is 1. The van der Waals surface area contributed by atoms with Gasteiger partial charge in [0.25, 0.3) is 0 Å². The number of nitrogens with zero attached hydrogens (tertiary/aromatic N) is 2. The van der Waals surface area contributed by atoms with Crippen LogP contribution >= 0.6 is 0 Å². The van der Waals surface area contributed by atoms with E-state index in [1.54, 1.807) is 4.90 Å². The van der Waals surface area contributed by atoms with Gasteiger partial charge in [-0.05, 0) is 11.8 Å². The number of hydrogen-bond donors (Lipinski definition) is 1. The van der Waals surface area contributed by atoms with Crippen LogP contribution in [0, 0.1) is 11.3 Å². The lowest BCUT2D eigenvalue weighted by atomic mass is 10.1. The molecule has 0 spiro atoms. The summed E-state index contributed by atoms with van der Waals surface area (Å²) in [6.45, 7) is 4.52. The molecule has 2 aliphatic rings. The Balaban J connectivity index is 1.97. The first kappa shape index (κ1) is 18.2. The molecule has 1 heterocycles. The Bertz CT molecular complexity index is 588. The molecule has 1 unspecified atom stereocenters. The fraction of sp³-hybridized carbons (Fsp3) is 0.857. The van der Waals surface area contributed by atoms with Gasteiger partial charge in [-0.3, -0.25) is 9.59 Å². The molecule has 1 aliphatic carbocycles. The van der Waals surface area contributed by atoms with Crippen molar-refractivity contribution in [2.24, 2.45) is 11.3 Å². The summed E-state index contributed by atoms with van der Waals surface area (Å²) >= 11 is 0. The third kappa shape index (κ3) is 4.65. The molecule has 0 aromatic rings. The molecule has 2 fully saturated rings. The van der Waals surface area contributed by atoms with Crippen LogP contribution in [0.15, 0.2) is 0 Å². The average Bonchev–Trinajstić information content (AvgIpc) is 3.05. The predicted molar refractivity (Wildman–Crippen MR) is 82.3 cm³/mol. The SMILES string of the molecule is CC1(C)C[C@@H]1C(=O)N1CCOC(CN(CC(=O)O)S(C)(=O)=O)C1. The van der Waals surface area contributed by atoms with E-state index in [4.69, 9.17) is 9.84 Å². The zero-order chi connectivity index (χ0) is 17.4. The molecular formula is C14H24N2O6S. The highest BCUT2D eigenvalue weighted by Crippen LogP contribution is 2.52. The van der Waals surface area contributed by atoms with Gasteiger partial charge in [0.1, 0.15) is 6.54 Å². The van der Waals surface area contributed by atoms with Crippen LogP contribution in [-0.2, 0) is 24.3 Å². The molecule has 0 radical (unpaired) electrons. The number of aliphatic carboxylic acids is 1. The third-order valence-electron chi connectivity index (χ3n) is 4.45. The first-order valence-corrected chi connectivity index (χ1v) is 9.43. The van der Waals surface area contributed by atoms with Crippen LogP contribution < -0.4 is 0 Å². The van der Waals surface area contributed by atoms with E-state index in [0.29, 0.717) is 13.2 Å². The van der Waals surface area contributed by atoms with Crippen LogP contribution in [0.3, 0.4) is 0 Å². The second-order valence-corrected chi connectivity index (χ2v) is 8.95. The summed E-state index contributed by atoms with van der Waals surface area (Å²) in [5, 5.41) is 8.84. The van der Waals surface area contributed by atoms with Gasteiger partial charge in [-0.2, -0.15) is 4.31 Å². The minimum Gasteiger partial charge on any atom is -0.480 e. The highest BCUT2D eigenvalue weighted by molar-refractivity contribution is 7.88. The lowest BCUT2D eigenvalue weighted by molar-refractivity contribution is -0.142. The van der Waals surface area contributed by atoms with Gasteiger partial charge in [-0.1, -0.05) is 13.8 Å². The maximum absolute atomic E-state index is 12.4. The molecule has 1 saturated heterocycles. The average molecular weight is 348 g/mol. The lowest BCUT2D eigenvalue weighted by Gasteiger charge is -2.35. The summed E-state index contributed by atoms with van der Waals surface area (Å²) in [5.74, 6) is -1.13. The normalized spacial score (nSPS) is 27.0. The van der Waals surface area contributed by atoms with Crippen LogP contribution in [0.25, 0.3) is 0 Å². The molecular weight excluding hydrogens is 324 g/mol. The van der Waals surface area contributed by atoms with Gasteiger partial charge in [-0.15, -0.1) is 0 Å². The number of sulfonamides is 1. The largest absolute Gasteiger partial charge is 0.480 e. The van der Waals surface area contributed by atoms with Crippen molar-refractivity contribution in [2.45, 2.75) is 26.4 Å². The number of hydrogen-bond acceptors (Lipinski definition) is 5. The number of carbonyl (C=O) groups is 2. The van der Waals surface area contributed by atoms with Gasteiger partial charge >= 0.3 is 5.97 Å². The Kier molecular flexibility index (Phi) is 5.03. The van der Waals surface area contributed by atoms with Gasteiger partial charge in [0.2, 0.25) is 15.9 Å². The molecule has 2 rings (SSSR count). The Morgan fingerprint density at radius 1 is 1.39 bits per heavy atom. The van der Waals surface area contributed by atoms with Crippen molar-refractivity contribution in [3.63, 3.8) is 0 Å². The molecule has 1 saturated carbocycles. The Morgan fingerprint density at radius 3 is 2.48 bits per heavy atom. The van der Waals surface area contributed by atoms with Crippen LogP contribution in [0.2, 0.25) is 0 Å². The van der Waals surface area contributed by atoms with Crippen molar-refractivity contribution in [3.05, 3.63) is 0 Å². The number of ether oxygens (including phenoxy) is 1. The molecule has 2 atom stereocenters. The number of rotatable bonds is 6. The fourth-order valence-electron chi connectivity index (χ4n) is 2.83. The van der Waals surface area contributed by atoms with E-state index in [-0.39, 0.29) is 30.3 Å². The van der Waals surface area contributed by atoms with E-state index >= 15 is 0 Å². The second-order valence-electron chi connectivity index (χ2n) is 6.97. The van der Waals surface area contributed by atoms with Crippen LogP contribution in [-0.4, -0.2) is 79.8 Å². The molecule has 0 bridgehead atoms. The summed E-state index contributed by atoms with van der Waals surface area (Å²) in [4.78, 5) is 25.0. The number of carboxylic acid groups (broad SMARTS) is 1. The van der Waals surface area contributed by atoms with E-state index in [0.717, 1.165) is 17.0 Å². The molecule has 132 valence electrons. The summed E-state index contributed by atoms with van der Waals surface area (Å²) < 4.78 is 29.8. The standard InChI is InChI=1S/C14H24N2O6S/c1-14(2)6-11(14)13(19)15-4-5-22-10(7-15)8-16(9-12(17)18)23(3,20)21/h10-11H,4-9H2,1-3H3,(H,17,18)/t10?,11-/m1/s1. The highest BCUT2D eigenvalue weighted by atomic mass is 32.2. The Morgan fingerprint density at radius 2 is 2.00 bits per heavy atom. The van der Waals surface area contributed by atoms with Crippen molar-refractivity contribution in [2.75, 3.05) is 39.0 Å². The molecule has 9 heteroatoms. The molecule has 1 N–H and O–H groups in total. The van der Waals surface area contributed by atoms with Crippen molar-refractivity contribution in [1.29, 1.82) is 0 Å². The first-order valence-electron chi connectivity index (χ1n) is 7.58. The summed E-state index contributed by atoms with van der Waals surface area (Å²) in [7, 11) is -3.65. The van der Waals surface area contributed by atoms with E-state index in [1.807, 2.05) is 13.8 Å². The molecule has 23 heavy (non-hydrogen) atoms. The topological polar surface area (TPSA) is 104 Å². The van der Waals surface area contributed by atoms with Crippen molar-refractivity contribution >= 4 is 21.9 Å². The van der Waals surface area contributed by atoms with Crippen LogP contribution in [0.1, 0.15) is 20.3 Å². The summed E-state index contributed by atoms with van der Waals surface area (Å²) in [5.41, 5.74) is 0.0347. The quantitative estimate of drug-likeness (QED) is 0.701. The maximum Gasteiger partial charge on any atom is 0.318 e. The van der Waals surface area contributed by atoms with E-state index in [9.17, 15) is 18.0 Å². The molecule has 1 aliphatic heterocycles. The zero-order valence-electron chi connectivity index (χ0n) is 13.7. The molecule has 0 aromatic heterocycles. The van der Waals surface area contributed by atoms with E-state index in [2.05, 4.69) is 0 Å². The Hall–Kier alpha value is -1.19. The van der Waals surface area contributed by atoms with Crippen molar-refractivity contribution < 1.29 is 27.9 Å². The lowest BCUT2D eigenvalue weighted by Crippen LogP contribution is -2.51. The van der Waals surface area contributed by atoms with E-state index < -0.39 is 28.6 Å². The smallest absolute Gasteiger partial charge is 0.318 e. The minimum absolute atomic E-state index is 0.0197. The third-order valence-corrected chi connectivity index (χ3v) is 5.67. The van der Waals surface area contributed by atoms with Gasteiger partial charge in [0.15, 0.2) is 0 Å².